The van der Waals surface area contributed by atoms with Crippen molar-refractivity contribution < 1.29 is 10.0 Å². The summed E-state index contributed by atoms with van der Waals surface area (Å²) in [7, 11) is 0. The molecule has 6 heteroatoms. The van der Waals surface area contributed by atoms with Gasteiger partial charge in [-0.1, -0.05) is 41.6 Å². The fourth-order valence-corrected chi connectivity index (χ4v) is 3.20. The van der Waals surface area contributed by atoms with E-state index in [1.807, 2.05) is 0 Å². The molecule has 2 N–H and O–H groups in total. The Balaban J connectivity index is 1.95. The van der Waals surface area contributed by atoms with Crippen molar-refractivity contribution in [2.75, 3.05) is 6.54 Å². The van der Waals surface area contributed by atoms with Gasteiger partial charge in [0.25, 0.3) is 5.69 Å². The van der Waals surface area contributed by atoms with Gasteiger partial charge in [0.05, 0.1) is 10.5 Å². The number of hydrogen-bond donors (Lipinski definition) is 2. The van der Waals surface area contributed by atoms with E-state index >= 15 is 0 Å². The Kier molecular flexibility index (Phi) is 5.72. The van der Waals surface area contributed by atoms with Gasteiger partial charge < -0.3 is 10.4 Å². The van der Waals surface area contributed by atoms with Crippen LogP contribution in [0.5, 0.6) is 0 Å². The summed E-state index contributed by atoms with van der Waals surface area (Å²) in [5.41, 5.74) is 0.0749. The molecule has 116 valence electrons. The quantitative estimate of drug-likeness (QED) is 0.480. The van der Waals surface area contributed by atoms with Crippen molar-refractivity contribution in [1.29, 1.82) is 0 Å². The van der Waals surface area contributed by atoms with Crippen LogP contribution in [0, 0.1) is 10.1 Å². The molecule has 21 heavy (non-hydrogen) atoms. The number of halogens is 1. The molecule has 1 saturated carbocycles. The first-order valence-electron chi connectivity index (χ1n) is 7.36. The van der Waals surface area contributed by atoms with Crippen LogP contribution in [-0.2, 0) is 6.54 Å². The number of nitro benzene ring substituents is 1. The summed E-state index contributed by atoms with van der Waals surface area (Å²) in [6, 6.07) is 5.05. The van der Waals surface area contributed by atoms with Crippen molar-refractivity contribution in [3.63, 3.8) is 0 Å². The van der Waals surface area contributed by atoms with Crippen LogP contribution in [0.2, 0.25) is 0 Å². The van der Waals surface area contributed by atoms with Crippen molar-refractivity contribution in [1.82, 2.24) is 5.32 Å². The van der Waals surface area contributed by atoms with E-state index < -0.39 is 5.60 Å². The highest BCUT2D eigenvalue weighted by Gasteiger charge is 2.27. The molecule has 0 bridgehead atoms. The summed E-state index contributed by atoms with van der Waals surface area (Å²) in [5.74, 6) is 0. The van der Waals surface area contributed by atoms with Gasteiger partial charge in [-0.15, -0.1) is 0 Å². The molecular weight excluding hydrogens is 336 g/mol. The molecule has 0 heterocycles. The van der Waals surface area contributed by atoms with Gasteiger partial charge in [0, 0.05) is 29.2 Å². The minimum Gasteiger partial charge on any atom is -0.389 e. The summed E-state index contributed by atoms with van der Waals surface area (Å²) in [6.07, 6.45) is 6.08. The SMILES string of the molecule is O=[N+]([O-])c1cc(Br)ccc1CNCC1(O)CCCCCC1. The normalized spacial score (nSPS) is 18.2. The third kappa shape index (κ3) is 4.76. The number of nitrogens with zero attached hydrogens (tertiary/aromatic N) is 1. The van der Waals surface area contributed by atoms with Gasteiger partial charge in [-0.2, -0.15) is 0 Å². The third-order valence-corrected chi connectivity index (χ3v) is 4.54. The van der Waals surface area contributed by atoms with Crippen LogP contribution in [-0.4, -0.2) is 22.2 Å². The van der Waals surface area contributed by atoms with E-state index in [1.54, 1.807) is 12.1 Å². The van der Waals surface area contributed by atoms with Crippen LogP contribution in [0.15, 0.2) is 22.7 Å². The fraction of sp³-hybridized carbons (Fsp3) is 0.600. The van der Waals surface area contributed by atoms with Crippen LogP contribution in [0.4, 0.5) is 5.69 Å². The van der Waals surface area contributed by atoms with E-state index in [1.165, 1.54) is 18.9 Å². The summed E-state index contributed by atoms with van der Waals surface area (Å²) in [6.45, 7) is 0.881. The van der Waals surface area contributed by atoms with Crippen molar-refractivity contribution in [2.45, 2.75) is 50.7 Å². The lowest BCUT2D eigenvalue weighted by Crippen LogP contribution is -2.39. The van der Waals surface area contributed by atoms with E-state index in [0.717, 1.165) is 25.7 Å². The number of nitro groups is 1. The fourth-order valence-electron chi connectivity index (χ4n) is 2.85. The second-order valence-electron chi connectivity index (χ2n) is 5.77. The minimum atomic E-state index is -0.666. The summed E-state index contributed by atoms with van der Waals surface area (Å²) >= 11 is 3.25. The zero-order valence-corrected chi connectivity index (χ0v) is 13.6. The number of hydrogen-bond acceptors (Lipinski definition) is 4. The number of nitrogens with one attached hydrogen (secondary N) is 1. The van der Waals surface area contributed by atoms with E-state index in [-0.39, 0.29) is 10.6 Å². The predicted octanol–water partition coefficient (Wildman–Crippen LogP) is 3.53. The Morgan fingerprint density at radius 3 is 2.57 bits per heavy atom. The number of benzene rings is 1. The second-order valence-corrected chi connectivity index (χ2v) is 6.69. The van der Waals surface area contributed by atoms with Crippen LogP contribution < -0.4 is 5.32 Å². The van der Waals surface area contributed by atoms with Crippen molar-refractivity contribution in [2.24, 2.45) is 0 Å². The van der Waals surface area contributed by atoms with E-state index in [2.05, 4.69) is 21.2 Å². The standard InChI is InChI=1S/C15H21BrN2O3/c16-13-6-5-12(14(9-13)18(20)21)10-17-11-15(19)7-3-1-2-4-8-15/h5-6,9,17,19H,1-4,7-8,10-11H2. The van der Waals surface area contributed by atoms with Crippen LogP contribution in [0.3, 0.4) is 0 Å². The second kappa shape index (κ2) is 7.33. The van der Waals surface area contributed by atoms with E-state index in [4.69, 9.17) is 0 Å². The summed E-state index contributed by atoms with van der Waals surface area (Å²) < 4.78 is 0.695. The maximum atomic E-state index is 11.1. The van der Waals surface area contributed by atoms with Gasteiger partial charge in [-0.25, -0.2) is 0 Å². The maximum absolute atomic E-state index is 11.1. The minimum absolute atomic E-state index is 0.102. The highest BCUT2D eigenvalue weighted by Crippen LogP contribution is 2.27. The molecule has 1 fully saturated rings. The summed E-state index contributed by atoms with van der Waals surface area (Å²) in [5, 5.41) is 24.8. The lowest BCUT2D eigenvalue weighted by atomic mass is 9.94. The van der Waals surface area contributed by atoms with Gasteiger partial charge in [0.15, 0.2) is 0 Å². The zero-order valence-electron chi connectivity index (χ0n) is 12.0. The van der Waals surface area contributed by atoms with Gasteiger partial charge >= 0.3 is 0 Å². The first-order chi connectivity index (χ1) is 10.0. The van der Waals surface area contributed by atoms with Gasteiger partial charge in [0.1, 0.15) is 0 Å². The van der Waals surface area contributed by atoms with Gasteiger partial charge in [0.2, 0.25) is 0 Å². The molecule has 5 nitrogen and oxygen atoms in total. The van der Waals surface area contributed by atoms with Crippen molar-refractivity contribution in [3.05, 3.63) is 38.3 Å². The van der Waals surface area contributed by atoms with Crippen LogP contribution >= 0.6 is 15.9 Å². The summed E-state index contributed by atoms with van der Waals surface area (Å²) in [4.78, 5) is 10.7. The molecular formula is C15H21BrN2O3. The topological polar surface area (TPSA) is 75.4 Å². The molecule has 0 aromatic heterocycles. The first-order valence-corrected chi connectivity index (χ1v) is 8.15. The number of rotatable bonds is 5. The van der Waals surface area contributed by atoms with Crippen LogP contribution in [0.1, 0.15) is 44.1 Å². The molecule has 1 aromatic carbocycles. The Hall–Kier alpha value is -0.980. The highest BCUT2D eigenvalue weighted by atomic mass is 79.9. The highest BCUT2D eigenvalue weighted by molar-refractivity contribution is 9.10. The molecule has 0 aliphatic heterocycles. The van der Waals surface area contributed by atoms with Crippen LogP contribution in [0.25, 0.3) is 0 Å². The molecule has 1 aliphatic rings. The Bertz CT molecular complexity index is 500. The lowest BCUT2D eigenvalue weighted by Gasteiger charge is -2.27. The van der Waals surface area contributed by atoms with Crippen molar-refractivity contribution >= 4 is 21.6 Å². The maximum Gasteiger partial charge on any atom is 0.275 e. The lowest BCUT2D eigenvalue weighted by molar-refractivity contribution is -0.385. The molecule has 2 rings (SSSR count). The molecule has 0 amide bonds. The molecule has 1 aliphatic carbocycles. The van der Waals surface area contributed by atoms with E-state index in [9.17, 15) is 15.2 Å². The van der Waals surface area contributed by atoms with Gasteiger partial charge in [-0.05, 0) is 25.0 Å². The monoisotopic (exact) mass is 356 g/mol. The predicted molar refractivity (Wildman–Crippen MR) is 85.2 cm³/mol. The van der Waals surface area contributed by atoms with Crippen molar-refractivity contribution in [3.8, 4) is 0 Å². The Morgan fingerprint density at radius 1 is 1.29 bits per heavy atom. The molecule has 0 atom stereocenters. The molecule has 0 unspecified atom stereocenters. The van der Waals surface area contributed by atoms with Gasteiger partial charge in [-0.3, -0.25) is 10.1 Å². The largest absolute Gasteiger partial charge is 0.389 e. The molecule has 0 radical (unpaired) electrons. The molecule has 0 spiro atoms. The molecule has 0 saturated heterocycles. The molecule has 1 aromatic rings. The Labute approximate surface area is 133 Å². The Morgan fingerprint density at radius 2 is 1.95 bits per heavy atom. The third-order valence-electron chi connectivity index (χ3n) is 4.05. The smallest absolute Gasteiger partial charge is 0.275 e. The first kappa shape index (κ1) is 16.4. The average Bonchev–Trinajstić information content (AvgIpc) is 2.65. The zero-order chi connectivity index (χ0) is 15.3. The average molecular weight is 357 g/mol. The van der Waals surface area contributed by atoms with E-state index in [0.29, 0.717) is 23.1 Å². The number of aliphatic hydroxyl groups is 1.